The maximum absolute atomic E-state index is 3.57. The van der Waals surface area contributed by atoms with Crippen LogP contribution in [0.25, 0.3) is 0 Å². The fourth-order valence-electron chi connectivity index (χ4n) is 3.63. The molecule has 20 heavy (non-hydrogen) atoms. The molecule has 1 heteroatoms. The lowest BCUT2D eigenvalue weighted by molar-refractivity contribution is 0.308. The molecule has 1 aliphatic carbocycles. The molecule has 0 aromatic heterocycles. The first kappa shape index (κ1) is 15.6. The first-order valence-electron chi connectivity index (χ1n) is 8.18. The molecule has 3 atom stereocenters. The SMILES string of the molecule is CNC(Cc1ccc(C(C)(C)C)cc1)C1CCCC1C. The van der Waals surface area contributed by atoms with E-state index in [0.29, 0.717) is 6.04 Å². The highest BCUT2D eigenvalue weighted by atomic mass is 14.9. The van der Waals surface area contributed by atoms with Gasteiger partial charge in [-0.2, -0.15) is 0 Å². The molecule has 0 amide bonds. The lowest BCUT2D eigenvalue weighted by atomic mass is 9.84. The molecule has 112 valence electrons. The van der Waals surface area contributed by atoms with Gasteiger partial charge in [-0.3, -0.25) is 0 Å². The predicted octanol–water partition coefficient (Wildman–Crippen LogP) is 4.55. The molecule has 0 heterocycles. The Bertz CT molecular complexity index is 412. The summed E-state index contributed by atoms with van der Waals surface area (Å²) in [6, 6.07) is 9.89. The quantitative estimate of drug-likeness (QED) is 0.848. The molecule has 0 radical (unpaired) electrons. The maximum Gasteiger partial charge on any atom is 0.0135 e. The largest absolute Gasteiger partial charge is 0.316 e. The summed E-state index contributed by atoms with van der Waals surface area (Å²) in [4.78, 5) is 0. The number of hydrogen-bond donors (Lipinski definition) is 1. The summed E-state index contributed by atoms with van der Waals surface area (Å²) in [6.45, 7) is 9.25. The molecule has 1 aliphatic rings. The van der Waals surface area contributed by atoms with Gasteiger partial charge in [-0.15, -0.1) is 0 Å². The van der Waals surface area contributed by atoms with Crippen molar-refractivity contribution in [3.05, 3.63) is 35.4 Å². The third-order valence-corrected chi connectivity index (χ3v) is 5.09. The summed E-state index contributed by atoms with van der Waals surface area (Å²) in [6.07, 6.45) is 5.38. The predicted molar refractivity (Wildman–Crippen MR) is 88.2 cm³/mol. The second-order valence-corrected chi connectivity index (χ2v) is 7.62. The Morgan fingerprint density at radius 2 is 1.80 bits per heavy atom. The molecule has 3 unspecified atom stereocenters. The molecular weight excluding hydrogens is 242 g/mol. The van der Waals surface area contributed by atoms with Crippen LogP contribution in [0.15, 0.2) is 24.3 Å². The molecule has 1 nitrogen and oxygen atoms in total. The second-order valence-electron chi connectivity index (χ2n) is 7.62. The van der Waals surface area contributed by atoms with Gasteiger partial charge in [-0.1, -0.05) is 64.8 Å². The zero-order valence-corrected chi connectivity index (χ0v) is 13.9. The van der Waals surface area contributed by atoms with Crippen LogP contribution in [-0.2, 0) is 11.8 Å². The van der Waals surface area contributed by atoms with Gasteiger partial charge in [-0.05, 0) is 48.3 Å². The van der Waals surface area contributed by atoms with Crippen LogP contribution in [0.3, 0.4) is 0 Å². The highest BCUT2D eigenvalue weighted by Crippen LogP contribution is 2.34. The van der Waals surface area contributed by atoms with Crippen LogP contribution in [0.5, 0.6) is 0 Å². The van der Waals surface area contributed by atoms with Crippen molar-refractivity contribution in [1.82, 2.24) is 5.32 Å². The Morgan fingerprint density at radius 3 is 2.25 bits per heavy atom. The van der Waals surface area contributed by atoms with Crippen molar-refractivity contribution in [2.24, 2.45) is 11.8 Å². The molecule has 1 aromatic rings. The summed E-state index contributed by atoms with van der Waals surface area (Å²) in [5, 5.41) is 3.57. The Labute approximate surface area is 125 Å². The highest BCUT2D eigenvalue weighted by molar-refractivity contribution is 5.28. The molecule has 0 saturated heterocycles. The molecule has 2 rings (SSSR count). The molecule has 1 saturated carbocycles. The van der Waals surface area contributed by atoms with E-state index in [-0.39, 0.29) is 5.41 Å². The molecular formula is C19H31N. The molecule has 0 bridgehead atoms. The minimum absolute atomic E-state index is 0.251. The van der Waals surface area contributed by atoms with Crippen LogP contribution >= 0.6 is 0 Å². The van der Waals surface area contributed by atoms with E-state index in [4.69, 9.17) is 0 Å². The summed E-state index contributed by atoms with van der Waals surface area (Å²) in [5.41, 5.74) is 3.15. The molecule has 0 spiro atoms. The maximum atomic E-state index is 3.57. The summed E-state index contributed by atoms with van der Waals surface area (Å²) < 4.78 is 0. The van der Waals surface area contributed by atoms with E-state index in [0.717, 1.165) is 18.3 Å². The van der Waals surface area contributed by atoms with Crippen LogP contribution in [0.1, 0.15) is 58.1 Å². The lowest BCUT2D eigenvalue weighted by Crippen LogP contribution is -2.36. The van der Waals surface area contributed by atoms with Gasteiger partial charge < -0.3 is 5.32 Å². The standard InChI is InChI=1S/C19H31N/c1-14-7-6-8-17(14)18(20-5)13-15-9-11-16(12-10-15)19(2,3)4/h9-12,14,17-18,20H,6-8,13H2,1-5H3. The smallest absolute Gasteiger partial charge is 0.0135 e. The summed E-state index contributed by atoms with van der Waals surface area (Å²) >= 11 is 0. The number of nitrogens with one attached hydrogen (secondary N) is 1. The van der Waals surface area contributed by atoms with Crippen molar-refractivity contribution in [1.29, 1.82) is 0 Å². The van der Waals surface area contributed by atoms with Crippen molar-refractivity contribution in [3.8, 4) is 0 Å². The van der Waals surface area contributed by atoms with E-state index in [1.54, 1.807) is 0 Å². The number of hydrogen-bond acceptors (Lipinski definition) is 1. The third kappa shape index (κ3) is 3.63. The topological polar surface area (TPSA) is 12.0 Å². The zero-order valence-electron chi connectivity index (χ0n) is 13.9. The van der Waals surface area contributed by atoms with Crippen molar-refractivity contribution >= 4 is 0 Å². The van der Waals surface area contributed by atoms with E-state index in [2.05, 4.69) is 64.3 Å². The minimum atomic E-state index is 0.251. The minimum Gasteiger partial charge on any atom is -0.316 e. The molecule has 1 fully saturated rings. The molecule has 1 N–H and O–H groups in total. The summed E-state index contributed by atoms with van der Waals surface area (Å²) in [5.74, 6) is 1.73. The Morgan fingerprint density at radius 1 is 1.15 bits per heavy atom. The Kier molecular flexibility index (Phi) is 4.90. The fourth-order valence-corrected chi connectivity index (χ4v) is 3.63. The molecule has 0 aliphatic heterocycles. The van der Waals surface area contributed by atoms with Crippen LogP contribution < -0.4 is 5.32 Å². The number of rotatable bonds is 4. The monoisotopic (exact) mass is 273 g/mol. The number of benzene rings is 1. The number of likely N-dealkylation sites (N-methyl/N-ethyl adjacent to an activating group) is 1. The normalized spacial score (nSPS) is 24.9. The van der Waals surface area contributed by atoms with Gasteiger partial charge in [0.15, 0.2) is 0 Å². The average Bonchev–Trinajstić information content (AvgIpc) is 2.82. The Hall–Kier alpha value is -0.820. The van der Waals surface area contributed by atoms with Crippen LogP contribution in [0.4, 0.5) is 0 Å². The van der Waals surface area contributed by atoms with E-state index >= 15 is 0 Å². The van der Waals surface area contributed by atoms with Crippen molar-refractivity contribution in [3.63, 3.8) is 0 Å². The van der Waals surface area contributed by atoms with Gasteiger partial charge in [0.05, 0.1) is 0 Å². The average molecular weight is 273 g/mol. The summed E-state index contributed by atoms with van der Waals surface area (Å²) in [7, 11) is 2.12. The van der Waals surface area contributed by atoms with E-state index in [9.17, 15) is 0 Å². The van der Waals surface area contributed by atoms with E-state index in [1.807, 2.05) is 0 Å². The van der Waals surface area contributed by atoms with Gasteiger partial charge >= 0.3 is 0 Å². The van der Waals surface area contributed by atoms with Crippen LogP contribution in [0, 0.1) is 11.8 Å². The van der Waals surface area contributed by atoms with Gasteiger partial charge in [0.25, 0.3) is 0 Å². The first-order chi connectivity index (χ1) is 9.41. The Balaban J connectivity index is 2.04. The van der Waals surface area contributed by atoms with Gasteiger partial charge in [0, 0.05) is 6.04 Å². The van der Waals surface area contributed by atoms with Crippen LogP contribution in [0.2, 0.25) is 0 Å². The van der Waals surface area contributed by atoms with Crippen molar-refractivity contribution in [2.45, 2.75) is 64.8 Å². The van der Waals surface area contributed by atoms with Crippen molar-refractivity contribution in [2.75, 3.05) is 7.05 Å². The molecule has 1 aromatic carbocycles. The third-order valence-electron chi connectivity index (χ3n) is 5.09. The lowest BCUT2D eigenvalue weighted by Gasteiger charge is -2.27. The van der Waals surface area contributed by atoms with Gasteiger partial charge in [-0.25, -0.2) is 0 Å². The second kappa shape index (κ2) is 6.30. The van der Waals surface area contributed by atoms with Gasteiger partial charge in [0.1, 0.15) is 0 Å². The van der Waals surface area contributed by atoms with Crippen molar-refractivity contribution < 1.29 is 0 Å². The zero-order chi connectivity index (χ0) is 14.8. The highest BCUT2D eigenvalue weighted by Gasteiger charge is 2.29. The van der Waals surface area contributed by atoms with E-state index < -0.39 is 0 Å². The fraction of sp³-hybridized carbons (Fsp3) is 0.684. The first-order valence-corrected chi connectivity index (χ1v) is 8.18. The van der Waals surface area contributed by atoms with E-state index in [1.165, 1.54) is 30.4 Å². The van der Waals surface area contributed by atoms with Crippen LogP contribution in [-0.4, -0.2) is 13.1 Å². The van der Waals surface area contributed by atoms with Gasteiger partial charge in [0.2, 0.25) is 0 Å².